The van der Waals surface area contributed by atoms with Crippen LogP contribution in [0.4, 0.5) is 5.69 Å². The summed E-state index contributed by atoms with van der Waals surface area (Å²) in [5.74, 6) is 0.181. The van der Waals surface area contributed by atoms with Gasteiger partial charge in [0.25, 0.3) is 0 Å². The average Bonchev–Trinajstić information content (AvgIpc) is 2.28. The highest BCUT2D eigenvalue weighted by atomic mass is 35.5. The van der Waals surface area contributed by atoms with Crippen LogP contribution in [-0.2, 0) is 4.79 Å². The van der Waals surface area contributed by atoms with E-state index in [-0.39, 0.29) is 11.9 Å². The molecule has 1 fully saturated rings. The van der Waals surface area contributed by atoms with Crippen molar-refractivity contribution in [3.8, 4) is 0 Å². The number of amides is 1. The lowest BCUT2D eigenvalue weighted by molar-refractivity contribution is -0.119. The molecule has 1 aliphatic heterocycles. The summed E-state index contributed by atoms with van der Waals surface area (Å²) in [7, 11) is 0. The van der Waals surface area contributed by atoms with E-state index in [0.717, 1.165) is 30.8 Å². The first-order valence-electron chi connectivity index (χ1n) is 6.38. The lowest BCUT2D eigenvalue weighted by Crippen LogP contribution is -2.42. The number of aryl methyl sites for hydroxylation is 1. The fraction of sp³-hybridized carbons (Fsp3) is 0.500. The summed E-state index contributed by atoms with van der Waals surface area (Å²) in [6.45, 7) is 5.77. The van der Waals surface area contributed by atoms with E-state index in [2.05, 4.69) is 12.2 Å². The van der Waals surface area contributed by atoms with Gasteiger partial charge in [0.15, 0.2) is 0 Å². The quantitative estimate of drug-likeness (QED) is 0.848. The normalized spacial score (nSPS) is 21.6. The fourth-order valence-corrected chi connectivity index (χ4v) is 2.56. The second-order valence-electron chi connectivity index (χ2n) is 4.89. The SMILES string of the molecule is Cc1cc(Cl)ccc1N1CCCNC(C)CC1=O. The van der Waals surface area contributed by atoms with Gasteiger partial charge >= 0.3 is 0 Å². The van der Waals surface area contributed by atoms with Crippen molar-refractivity contribution in [1.82, 2.24) is 5.32 Å². The molecule has 1 heterocycles. The summed E-state index contributed by atoms with van der Waals surface area (Å²) in [5.41, 5.74) is 2.04. The summed E-state index contributed by atoms with van der Waals surface area (Å²) >= 11 is 5.96. The Hall–Kier alpha value is -1.06. The number of benzene rings is 1. The predicted molar refractivity (Wildman–Crippen MR) is 75.2 cm³/mol. The first-order chi connectivity index (χ1) is 8.58. The second kappa shape index (κ2) is 5.72. The van der Waals surface area contributed by atoms with Crippen molar-refractivity contribution in [3.05, 3.63) is 28.8 Å². The van der Waals surface area contributed by atoms with Crippen LogP contribution in [0.5, 0.6) is 0 Å². The van der Waals surface area contributed by atoms with Gasteiger partial charge in [0.2, 0.25) is 5.91 Å². The maximum atomic E-state index is 12.3. The van der Waals surface area contributed by atoms with E-state index >= 15 is 0 Å². The number of carbonyl (C=O) groups is 1. The van der Waals surface area contributed by atoms with Crippen molar-refractivity contribution >= 4 is 23.2 Å². The Balaban J connectivity index is 2.26. The van der Waals surface area contributed by atoms with Crippen molar-refractivity contribution in [2.24, 2.45) is 0 Å². The molecule has 0 bridgehead atoms. The number of carbonyl (C=O) groups excluding carboxylic acids is 1. The van der Waals surface area contributed by atoms with E-state index in [1.807, 2.05) is 30.0 Å². The number of anilines is 1. The molecule has 1 aromatic rings. The van der Waals surface area contributed by atoms with Gasteiger partial charge in [0.1, 0.15) is 0 Å². The molecule has 4 heteroatoms. The van der Waals surface area contributed by atoms with E-state index in [9.17, 15) is 4.79 Å². The van der Waals surface area contributed by atoms with E-state index in [1.165, 1.54) is 0 Å². The Kier molecular flexibility index (Phi) is 4.25. The molecule has 98 valence electrons. The maximum absolute atomic E-state index is 12.3. The van der Waals surface area contributed by atoms with Gasteiger partial charge in [-0.2, -0.15) is 0 Å². The Bertz CT molecular complexity index is 447. The monoisotopic (exact) mass is 266 g/mol. The predicted octanol–water partition coefficient (Wildman–Crippen LogP) is 2.75. The zero-order chi connectivity index (χ0) is 13.1. The van der Waals surface area contributed by atoms with Crippen molar-refractivity contribution in [2.45, 2.75) is 32.7 Å². The molecule has 0 spiro atoms. The summed E-state index contributed by atoms with van der Waals surface area (Å²) in [6.07, 6.45) is 1.51. The highest BCUT2D eigenvalue weighted by Gasteiger charge is 2.21. The molecule has 1 aromatic carbocycles. The van der Waals surface area contributed by atoms with Crippen LogP contribution in [0.1, 0.15) is 25.3 Å². The van der Waals surface area contributed by atoms with Crippen LogP contribution >= 0.6 is 11.6 Å². The van der Waals surface area contributed by atoms with E-state index in [1.54, 1.807) is 0 Å². The van der Waals surface area contributed by atoms with Gasteiger partial charge in [-0.25, -0.2) is 0 Å². The molecule has 0 radical (unpaired) electrons. The summed E-state index contributed by atoms with van der Waals surface area (Å²) < 4.78 is 0. The van der Waals surface area contributed by atoms with Crippen LogP contribution in [0.15, 0.2) is 18.2 Å². The molecule has 1 aliphatic rings. The molecule has 0 saturated carbocycles. The highest BCUT2D eigenvalue weighted by Crippen LogP contribution is 2.25. The minimum atomic E-state index is 0.181. The number of halogens is 1. The number of hydrogen-bond acceptors (Lipinski definition) is 2. The molecule has 1 amide bonds. The number of nitrogens with zero attached hydrogens (tertiary/aromatic N) is 1. The molecule has 18 heavy (non-hydrogen) atoms. The van der Waals surface area contributed by atoms with Gasteiger partial charge in [-0.05, 0) is 50.6 Å². The van der Waals surface area contributed by atoms with Crippen molar-refractivity contribution < 1.29 is 4.79 Å². The van der Waals surface area contributed by atoms with Gasteiger partial charge in [-0.15, -0.1) is 0 Å². The summed E-state index contributed by atoms with van der Waals surface area (Å²) in [6, 6.07) is 5.94. The fourth-order valence-electron chi connectivity index (χ4n) is 2.33. The topological polar surface area (TPSA) is 32.3 Å². The molecular formula is C14H19ClN2O. The smallest absolute Gasteiger partial charge is 0.228 e. The Morgan fingerprint density at radius 1 is 1.44 bits per heavy atom. The maximum Gasteiger partial charge on any atom is 0.228 e. The van der Waals surface area contributed by atoms with Crippen LogP contribution in [0.3, 0.4) is 0 Å². The Labute approximate surface area is 113 Å². The summed E-state index contributed by atoms with van der Waals surface area (Å²) in [5, 5.41) is 4.06. The molecule has 1 N–H and O–H groups in total. The largest absolute Gasteiger partial charge is 0.314 e. The molecule has 1 unspecified atom stereocenters. The molecule has 3 nitrogen and oxygen atoms in total. The highest BCUT2D eigenvalue weighted by molar-refractivity contribution is 6.30. The molecular weight excluding hydrogens is 248 g/mol. The van der Waals surface area contributed by atoms with Crippen molar-refractivity contribution in [2.75, 3.05) is 18.0 Å². The second-order valence-corrected chi connectivity index (χ2v) is 5.33. The standard InChI is InChI=1S/C14H19ClN2O/c1-10-8-12(15)4-5-13(10)17-7-3-6-16-11(2)9-14(17)18/h4-5,8,11,16H,3,6-7,9H2,1-2H3. The molecule has 1 atom stereocenters. The van der Waals surface area contributed by atoms with Crippen LogP contribution in [-0.4, -0.2) is 25.0 Å². The minimum absolute atomic E-state index is 0.181. The average molecular weight is 267 g/mol. The molecule has 0 aliphatic carbocycles. The van der Waals surface area contributed by atoms with Gasteiger partial charge in [-0.1, -0.05) is 11.6 Å². The number of rotatable bonds is 1. The Morgan fingerprint density at radius 2 is 2.22 bits per heavy atom. The minimum Gasteiger partial charge on any atom is -0.314 e. The van der Waals surface area contributed by atoms with Crippen molar-refractivity contribution in [3.63, 3.8) is 0 Å². The van der Waals surface area contributed by atoms with Crippen LogP contribution in [0.25, 0.3) is 0 Å². The van der Waals surface area contributed by atoms with Gasteiger partial charge < -0.3 is 10.2 Å². The third-order valence-electron chi connectivity index (χ3n) is 3.28. The summed E-state index contributed by atoms with van der Waals surface area (Å²) in [4.78, 5) is 14.2. The first-order valence-corrected chi connectivity index (χ1v) is 6.75. The molecule has 1 saturated heterocycles. The van der Waals surface area contributed by atoms with E-state index in [0.29, 0.717) is 11.4 Å². The lowest BCUT2D eigenvalue weighted by atomic mass is 10.1. The van der Waals surface area contributed by atoms with Gasteiger partial charge in [0.05, 0.1) is 0 Å². The zero-order valence-electron chi connectivity index (χ0n) is 10.9. The molecule has 0 aromatic heterocycles. The Morgan fingerprint density at radius 3 is 2.94 bits per heavy atom. The van der Waals surface area contributed by atoms with Crippen LogP contribution in [0, 0.1) is 6.92 Å². The van der Waals surface area contributed by atoms with E-state index < -0.39 is 0 Å². The number of hydrogen-bond donors (Lipinski definition) is 1. The van der Waals surface area contributed by atoms with Crippen LogP contribution < -0.4 is 10.2 Å². The third kappa shape index (κ3) is 3.03. The first kappa shape index (κ1) is 13.4. The molecule has 2 rings (SSSR count). The van der Waals surface area contributed by atoms with E-state index in [4.69, 9.17) is 11.6 Å². The van der Waals surface area contributed by atoms with Crippen LogP contribution in [0.2, 0.25) is 5.02 Å². The third-order valence-corrected chi connectivity index (χ3v) is 3.52. The van der Waals surface area contributed by atoms with Gasteiger partial charge in [-0.3, -0.25) is 4.79 Å². The van der Waals surface area contributed by atoms with Crippen molar-refractivity contribution in [1.29, 1.82) is 0 Å². The van der Waals surface area contributed by atoms with Gasteiger partial charge in [0, 0.05) is 29.7 Å². The number of nitrogens with one attached hydrogen (secondary N) is 1. The lowest BCUT2D eigenvalue weighted by Gasteiger charge is -2.29. The zero-order valence-corrected chi connectivity index (χ0v) is 11.6.